The van der Waals surface area contributed by atoms with Crippen LogP contribution in [0.15, 0.2) is 0 Å². The molecule has 1 aromatic heterocycles. The van der Waals surface area contributed by atoms with Crippen molar-refractivity contribution in [3.05, 3.63) is 20.9 Å². The summed E-state index contributed by atoms with van der Waals surface area (Å²) in [5, 5.41) is 3.04. The molecule has 30 heavy (non-hydrogen) atoms. The molecule has 3 rings (SSSR count). The molecule has 0 saturated heterocycles. The average Bonchev–Trinajstić information content (AvgIpc) is 3.40. The Morgan fingerprint density at radius 2 is 1.87 bits per heavy atom. The van der Waals surface area contributed by atoms with Crippen LogP contribution in [0.5, 0.6) is 0 Å². The Morgan fingerprint density at radius 3 is 2.47 bits per heavy atom. The van der Waals surface area contributed by atoms with E-state index in [1.54, 1.807) is 11.3 Å². The van der Waals surface area contributed by atoms with Gasteiger partial charge in [-0.3, -0.25) is 14.4 Å². The molecule has 0 aliphatic heterocycles. The van der Waals surface area contributed by atoms with Crippen molar-refractivity contribution in [1.29, 1.82) is 0 Å². The maximum atomic E-state index is 13.1. The Kier molecular flexibility index (Phi) is 7.05. The second kappa shape index (κ2) is 9.21. The number of carbonyl (C=O) groups is 3. The molecule has 1 atom stereocenters. The van der Waals surface area contributed by atoms with Crippen LogP contribution < -0.4 is 5.32 Å². The first-order valence-electron chi connectivity index (χ1n) is 11.2. The van der Waals surface area contributed by atoms with Gasteiger partial charge in [-0.2, -0.15) is 0 Å². The molecule has 1 heterocycles. The largest absolute Gasteiger partial charge is 0.460 e. The average molecular weight is 434 g/mol. The van der Waals surface area contributed by atoms with Gasteiger partial charge in [-0.15, -0.1) is 11.3 Å². The zero-order valence-corrected chi connectivity index (χ0v) is 19.7. The van der Waals surface area contributed by atoms with E-state index < -0.39 is 5.60 Å². The number of aryl methyl sites for hydroxylation is 1. The second-order valence-corrected chi connectivity index (χ2v) is 11.4. The van der Waals surface area contributed by atoms with Gasteiger partial charge in [-0.1, -0.05) is 13.8 Å². The second-order valence-electron chi connectivity index (χ2n) is 10.2. The van der Waals surface area contributed by atoms with Crippen molar-refractivity contribution in [2.45, 2.75) is 85.2 Å². The lowest BCUT2D eigenvalue weighted by atomic mass is 9.83. The van der Waals surface area contributed by atoms with E-state index >= 15 is 0 Å². The monoisotopic (exact) mass is 433 g/mol. The van der Waals surface area contributed by atoms with Crippen LogP contribution in [-0.4, -0.2) is 29.8 Å². The van der Waals surface area contributed by atoms with E-state index in [-0.39, 0.29) is 29.5 Å². The molecule has 2 aliphatic carbocycles. The van der Waals surface area contributed by atoms with Crippen LogP contribution in [0.4, 0.5) is 0 Å². The molecule has 0 bridgehead atoms. The summed E-state index contributed by atoms with van der Waals surface area (Å²) in [6.07, 6.45) is 5.17. The molecule has 1 N–H and O–H groups in total. The maximum Gasteiger partial charge on any atom is 0.306 e. The van der Waals surface area contributed by atoms with E-state index in [2.05, 4.69) is 19.2 Å². The van der Waals surface area contributed by atoms with Gasteiger partial charge in [0.2, 0.25) is 0 Å². The first-order chi connectivity index (χ1) is 14.0. The summed E-state index contributed by atoms with van der Waals surface area (Å²) in [4.78, 5) is 40.0. The summed E-state index contributed by atoms with van der Waals surface area (Å²) < 4.78 is 5.50. The molecule has 0 aromatic carbocycles. The third-order valence-electron chi connectivity index (χ3n) is 5.58. The Bertz CT molecular complexity index is 814. The van der Waals surface area contributed by atoms with E-state index in [1.807, 2.05) is 20.8 Å². The lowest BCUT2D eigenvalue weighted by Gasteiger charge is -2.25. The van der Waals surface area contributed by atoms with Gasteiger partial charge in [0.05, 0.1) is 5.56 Å². The highest BCUT2D eigenvalue weighted by Crippen LogP contribution is 2.39. The van der Waals surface area contributed by atoms with Crippen LogP contribution >= 0.6 is 11.3 Å². The summed E-state index contributed by atoms with van der Waals surface area (Å²) >= 11 is 1.63. The summed E-state index contributed by atoms with van der Waals surface area (Å²) in [7, 11) is 0. The number of ether oxygens (including phenoxy) is 1. The van der Waals surface area contributed by atoms with E-state index in [0.717, 1.165) is 36.1 Å². The fraction of sp³-hybridized carbons (Fsp3) is 0.708. The van der Waals surface area contributed by atoms with Gasteiger partial charge in [0.15, 0.2) is 0 Å². The fourth-order valence-corrected chi connectivity index (χ4v) is 5.35. The lowest BCUT2D eigenvalue weighted by molar-refractivity contribution is -0.156. The van der Waals surface area contributed by atoms with Crippen molar-refractivity contribution in [1.82, 2.24) is 5.32 Å². The maximum absolute atomic E-state index is 13.1. The molecule has 1 amide bonds. The highest BCUT2D eigenvalue weighted by molar-refractivity contribution is 7.12. The predicted octanol–water partition coefficient (Wildman–Crippen LogP) is 4.49. The number of amides is 1. The molecule has 166 valence electrons. The van der Waals surface area contributed by atoms with Gasteiger partial charge in [-0.05, 0) is 70.3 Å². The minimum Gasteiger partial charge on any atom is -0.460 e. The first-order valence-corrected chi connectivity index (χ1v) is 12.0. The molecule has 5 nitrogen and oxygen atoms in total. The third-order valence-corrected chi connectivity index (χ3v) is 6.87. The number of hydrogen-bond acceptors (Lipinski definition) is 5. The van der Waals surface area contributed by atoms with E-state index in [4.69, 9.17) is 4.74 Å². The number of Topliss-reactive ketones (excluding diaryl/α,β-unsaturated/α-hetero) is 1. The van der Waals surface area contributed by atoms with Crippen LogP contribution in [0.25, 0.3) is 0 Å². The van der Waals surface area contributed by atoms with Gasteiger partial charge in [0.25, 0.3) is 5.91 Å². The minimum atomic E-state index is -0.489. The highest BCUT2D eigenvalue weighted by Gasteiger charge is 2.34. The normalized spacial score (nSPS) is 18.8. The fourth-order valence-electron chi connectivity index (χ4n) is 3.99. The van der Waals surface area contributed by atoms with Crippen molar-refractivity contribution in [2.75, 3.05) is 6.54 Å². The van der Waals surface area contributed by atoms with Crippen LogP contribution in [0.2, 0.25) is 0 Å². The van der Waals surface area contributed by atoms with Gasteiger partial charge < -0.3 is 10.1 Å². The van der Waals surface area contributed by atoms with Crippen LogP contribution in [0.1, 0.15) is 86.0 Å². The SMILES string of the molecule is CC(C)CNC(=O)c1c(CC(=O)C2CC2)sc2c1CC(CC(=O)OC(C)(C)C)CC2. The summed E-state index contributed by atoms with van der Waals surface area (Å²) in [5.41, 5.74) is 1.27. The Balaban J connectivity index is 1.79. The molecule has 1 unspecified atom stereocenters. The topological polar surface area (TPSA) is 72.5 Å². The van der Waals surface area contributed by atoms with Crippen molar-refractivity contribution >= 4 is 29.0 Å². The van der Waals surface area contributed by atoms with Gasteiger partial charge >= 0.3 is 5.97 Å². The molecule has 1 aromatic rings. The molecule has 6 heteroatoms. The molecule has 0 spiro atoms. The predicted molar refractivity (Wildman–Crippen MR) is 119 cm³/mol. The van der Waals surface area contributed by atoms with Crippen molar-refractivity contribution < 1.29 is 19.1 Å². The zero-order chi connectivity index (χ0) is 22.1. The molecule has 1 saturated carbocycles. The highest BCUT2D eigenvalue weighted by atomic mass is 32.1. The number of ketones is 1. The molecule has 0 radical (unpaired) electrons. The van der Waals surface area contributed by atoms with Crippen LogP contribution in [0, 0.1) is 17.8 Å². The van der Waals surface area contributed by atoms with Gasteiger partial charge in [0.1, 0.15) is 11.4 Å². The minimum absolute atomic E-state index is 0.0716. The Hall–Kier alpha value is -1.69. The number of rotatable bonds is 8. The molecular formula is C24H35NO4S. The van der Waals surface area contributed by atoms with E-state index in [9.17, 15) is 14.4 Å². The zero-order valence-electron chi connectivity index (χ0n) is 18.9. The number of carbonyl (C=O) groups excluding carboxylic acids is 3. The lowest BCUT2D eigenvalue weighted by Crippen LogP contribution is -2.30. The number of nitrogens with one attached hydrogen (secondary N) is 1. The van der Waals surface area contributed by atoms with Crippen LogP contribution in [-0.2, 0) is 33.6 Å². The Labute approximate surface area is 184 Å². The summed E-state index contributed by atoms with van der Waals surface area (Å²) in [6.45, 7) is 10.4. The number of fused-ring (bicyclic) bond motifs is 1. The van der Waals surface area contributed by atoms with Crippen molar-refractivity contribution in [3.8, 4) is 0 Å². The number of esters is 1. The van der Waals surface area contributed by atoms with Crippen molar-refractivity contribution in [2.24, 2.45) is 17.8 Å². The number of hydrogen-bond donors (Lipinski definition) is 1. The van der Waals surface area contributed by atoms with Crippen LogP contribution in [0.3, 0.4) is 0 Å². The summed E-state index contributed by atoms with van der Waals surface area (Å²) in [5.74, 6) is 0.733. The van der Waals surface area contributed by atoms with Crippen molar-refractivity contribution in [3.63, 3.8) is 0 Å². The van der Waals surface area contributed by atoms with Gasteiger partial charge in [0, 0.05) is 35.1 Å². The standard InChI is InChI=1S/C24H35NO4S/c1-14(2)13-25-23(28)22-17-10-15(11-21(27)29-24(3,4)5)6-9-19(17)30-20(22)12-18(26)16-7-8-16/h14-16H,6-13H2,1-5H3,(H,25,28). The van der Waals surface area contributed by atoms with Gasteiger partial charge in [-0.25, -0.2) is 0 Å². The third kappa shape index (κ3) is 6.16. The Morgan fingerprint density at radius 1 is 1.17 bits per heavy atom. The smallest absolute Gasteiger partial charge is 0.306 e. The van der Waals surface area contributed by atoms with E-state index in [1.165, 1.54) is 4.88 Å². The number of thiophene rings is 1. The summed E-state index contributed by atoms with van der Waals surface area (Å²) in [6, 6.07) is 0. The molecule has 2 aliphatic rings. The first kappa shape index (κ1) is 23.0. The molecular weight excluding hydrogens is 398 g/mol. The molecule has 1 fully saturated rings. The van der Waals surface area contributed by atoms with E-state index in [0.29, 0.717) is 37.3 Å². The quantitative estimate of drug-likeness (QED) is 0.613.